The van der Waals surface area contributed by atoms with Crippen LogP contribution in [0, 0.1) is 11.3 Å². The van der Waals surface area contributed by atoms with Crippen molar-refractivity contribution in [2.24, 2.45) is 11.3 Å². The highest BCUT2D eigenvalue weighted by molar-refractivity contribution is 9.10. The number of benzene rings is 1. The minimum atomic E-state index is 0.255. The smallest absolute Gasteiger partial charge is 0.137 e. The molecule has 21 heavy (non-hydrogen) atoms. The van der Waals surface area contributed by atoms with Gasteiger partial charge >= 0.3 is 0 Å². The number of rotatable bonds is 4. The Labute approximate surface area is 141 Å². The van der Waals surface area contributed by atoms with Crippen molar-refractivity contribution in [2.75, 3.05) is 14.2 Å². The number of nitrogens with one attached hydrogen (secondary N) is 1. The Morgan fingerprint density at radius 3 is 2.67 bits per heavy atom. The first-order valence-electron chi connectivity index (χ1n) is 7.61. The minimum Gasteiger partial charge on any atom is -0.495 e. The molecule has 0 amide bonds. The first-order valence-corrected chi connectivity index (χ1v) is 8.78. The zero-order valence-corrected chi connectivity index (χ0v) is 15.6. The first kappa shape index (κ1) is 17.1. The Bertz CT molecular complexity index is 504. The maximum atomic E-state index is 6.28. The fourth-order valence-corrected chi connectivity index (χ4v) is 4.73. The SMILES string of the molecule is CNC(c1cc(Cl)cc(Br)c1OC)C1CCCCC1(C)C. The molecule has 2 nitrogen and oxygen atoms in total. The van der Waals surface area contributed by atoms with Crippen molar-refractivity contribution in [3.05, 3.63) is 27.2 Å². The number of halogens is 2. The van der Waals surface area contributed by atoms with E-state index in [9.17, 15) is 0 Å². The summed E-state index contributed by atoms with van der Waals surface area (Å²) < 4.78 is 6.55. The van der Waals surface area contributed by atoms with Gasteiger partial charge in [-0.25, -0.2) is 0 Å². The van der Waals surface area contributed by atoms with Crippen LogP contribution in [0.15, 0.2) is 16.6 Å². The van der Waals surface area contributed by atoms with Gasteiger partial charge in [0.2, 0.25) is 0 Å². The second-order valence-electron chi connectivity index (χ2n) is 6.62. The van der Waals surface area contributed by atoms with Gasteiger partial charge in [-0.05, 0) is 59.3 Å². The molecule has 2 rings (SSSR count). The highest BCUT2D eigenvalue weighted by Gasteiger charge is 2.38. The highest BCUT2D eigenvalue weighted by atomic mass is 79.9. The van der Waals surface area contributed by atoms with Crippen LogP contribution in [0.3, 0.4) is 0 Å². The van der Waals surface area contributed by atoms with Gasteiger partial charge in [-0.15, -0.1) is 0 Å². The van der Waals surface area contributed by atoms with Crippen LogP contribution in [0.5, 0.6) is 5.75 Å². The van der Waals surface area contributed by atoms with Crippen LogP contribution in [0.2, 0.25) is 5.02 Å². The molecule has 0 radical (unpaired) electrons. The molecule has 0 bridgehead atoms. The van der Waals surface area contributed by atoms with E-state index < -0.39 is 0 Å². The van der Waals surface area contributed by atoms with Crippen molar-refractivity contribution in [1.29, 1.82) is 0 Å². The van der Waals surface area contributed by atoms with Crippen LogP contribution in [0.1, 0.15) is 51.1 Å². The normalized spacial score (nSPS) is 22.9. The van der Waals surface area contributed by atoms with E-state index in [-0.39, 0.29) is 6.04 Å². The molecule has 1 aliphatic carbocycles. The molecule has 1 aliphatic rings. The van der Waals surface area contributed by atoms with E-state index >= 15 is 0 Å². The molecule has 0 saturated heterocycles. The van der Waals surface area contributed by atoms with Crippen molar-refractivity contribution in [1.82, 2.24) is 5.32 Å². The molecule has 1 fully saturated rings. The van der Waals surface area contributed by atoms with Gasteiger partial charge in [0.25, 0.3) is 0 Å². The van der Waals surface area contributed by atoms with Crippen molar-refractivity contribution >= 4 is 27.5 Å². The van der Waals surface area contributed by atoms with Gasteiger partial charge in [0, 0.05) is 16.6 Å². The molecule has 1 N–H and O–H groups in total. The maximum absolute atomic E-state index is 6.28. The molecule has 2 unspecified atom stereocenters. The summed E-state index contributed by atoms with van der Waals surface area (Å²) in [6.07, 6.45) is 5.15. The number of hydrogen-bond donors (Lipinski definition) is 1. The standard InChI is InChI=1S/C17H25BrClNO/c1-17(2)8-6-5-7-13(17)15(20-3)12-9-11(19)10-14(18)16(12)21-4/h9-10,13,15,20H,5-8H2,1-4H3. The second-order valence-corrected chi connectivity index (χ2v) is 7.91. The van der Waals surface area contributed by atoms with E-state index in [1.807, 2.05) is 19.2 Å². The Morgan fingerprint density at radius 2 is 2.10 bits per heavy atom. The van der Waals surface area contributed by atoms with E-state index in [4.69, 9.17) is 16.3 Å². The van der Waals surface area contributed by atoms with Gasteiger partial charge in [-0.2, -0.15) is 0 Å². The third kappa shape index (κ3) is 3.57. The largest absolute Gasteiger partial charge is 0.495 e. The Kier molecular flexibility index (Phi) is 5.61. The fourth-order valence-electron chi connectivity index (χ4n) is 3.74. The van der Waals surface area contributed by atoms with Gasteiger partial charge in [0.15, 0.2) is 0 Å². The Morgan fingerprint density at radius 1 is 1.38 bits per heavy atom. The number of ether oxygens (including phenoxy) is 1. The molecule has 0 heterocycles. The lowest BCUT2D eigenvalue weighted by atomic mass is 9.64. The lowest BCUT2D eigenvalue weighted by molar-refractivity contribution is 0.100. The molecule has 1 saturated carbocycles. The predicted octanol–water partition coefficient (Wildman–Crippen LogP) is 5.59. The topological polar surface area (TPSA) is 21.3 Å². The van der Waals surface area contributed by atoms with Crippen molar-refractivity contribution in [3.63, 3.8) is 0 Å². The summed E-state index contributed by atoms with van der Waals surface area (Å²) >= 11 is 9.85. The van der Waals surface area contributed by atoms with Crippen LogP contribution in [-0.4, -0.2) is 14.2 Å². The summed E-state index contributed by atoms with van der Waals surface area (Å²) in [5, 5.41) is 4.26. The molecule has 2 atom stereocenters. The van der Waals surface area contributed by atoms with Gasteiger partial charge in [0.05, 0.1) is 11.6 Å². The number of hydrogen-bond acceptors (Lipinski definition) is 2. The molecule has 0 aromatic heterocycles. The summed E-state index contributed by atoms with van der Waals surface area (Å²) in [6.45, 7) is 4.76. The second kappa shape index (κ2) is 6.89. The van der Waals surface area contributed by atoms with Gasteiger partial charge < -0.3 is 10.1 Å². The Hall–Kier alpha value is -0.250. The zero-order chi connectivity index (χ0) is 15.6. The molecular formula is C17H25BrClNO. The van der Waals surface area contributed by atoms with Crippen LogP contribution in [0.25, 0.3) is 0 Å². The van der Waals surface area contributed by atoms with E-state index in [2.05, 4.69) is 35.1 Å². The summed E-state index contributed by atoms with van der Waals surface area (Å²) in [5.74, 6) is 1.47. The van der Waals surface area contributed by atoms with Crippen LogP contribution < -0.4 is 10.1 Å². The van der Waals surface area contributed by atoms with E-state index in [1.54, 1.807) is 7.11 Å². The van der Waals surface area contributed by atoms with E-state index in [0.29, 0.717) is 11.3 Å². The van der Waals surface area contributed by atoms with E-state index in [1.165, 1.54) is 25.7 Å². The summed E-state index contributed by atoms with van der Waals surface area (Å²) in [7, 11) is 3.75. The van der Waals surface area contributed by atoms with Crippen LogP contribution in [-0.2, 0) is 0 Å². The van der Waals surface area contributed by atoms with Crippen molar-refractivity contribution < 1.29 is 4.74 Å². The van der Waals surface area contributed by atoms with Crippen molar-refractivity contribution in [2.45, 2.75) is 45.6 Å². The molecule has 1 aromatic carbocycles. The van der Waals surface area contributed by atoms with Gasteiger partial charge in [0.1, 0.15) is 5.75 Å². The molecule has 0 spiro atoms. The highest BCUT2D eigenvalue weighted by Crippen LogP contribution is 2.49. The summed E-state index contributed by atoms with van der Waals surface area (Å²) in [6, 6.07) is 4.19. The van der Waals surface area contributed by atoms with Gasteiger partial charge in [-0.3, -0.25) is 0 Å². The van der Waals surface area contributed by atoms with E-state index in [0.717, 1.165) is 20.8 Å². The van der Waals surface area contributed by atoms with Crippen molar-refractivity contribution in [3.8, 4) is 5.75 Å². The molecular weight excluding hydrogens is 350 g/mol. The van der Waals surface area contributed by atoms with Gasteiger partial charge in [-0.1, -0.05) is 38.3 Å². The quantitative estimate of drug-likeness (QED) is 0.742. The average molecular weight is 375 g/mol. The monoisotopic (exact) mass is 373 g/mol. The maximum Gasteiger partial charge on any atom is 0.137 e. The fraction of sp³-hybridized carbons (Fsp3) is 0.647. The lowest BCUT2D eigenvalue weighted by Crippen LogP contribution is -2.38. The number of methoxy groups -OCH3 is 1. The summed E-state index contributed by atoms with van der Waals surface area (Å²) in [5.41, 5.74) is 1.48. The third-order valence-electron chi connectivity index (χ3n) is 4.88. The average Bonchev–Trinajstić information content (AvgIpc) is 2.41. The zero-order valence-electron chi connectivity index (χ0n) is 13.3. The first-order chi connectivity index (χ1) is 9.90. The molecule has 4 heteroatoms. The predicted molar refractivity (Wildman–Crippen MR) is 93.2 cm³/mol. The summed E-state index contributed by atoms with van der Waals surface area (Å²) in [4.78, 5) is 0. The van der Waals surface area contributed by atoms with Crippen LogP contribution >= 0.6 is 27.5 Å². The molecule has 1 aromatic rings. The molecule has 0 aliphatic heterocycles. The Balaban J connectivity index is 2.46. The van der Waals surface area contributed by atoms with Crippen LogP contribution in [0.4, 0.5) is 0 Å². The minimum absolute atomic E-state index is 0.255. The third-order valence-corrected chi connectivity index (χ3v) is 5.69. The lowest BCUT2D eigenvalue weighted by Gasteiger charge is -2.43. The molecule has 118 valence electrons.